The van der Waals surface area contributed by atoms with Crippen molar-refractivity contribution in [2.75, 3.05) is 4.90 Å². The summed E-state index contributed by atoms with van der Waals surface area (Å²) in [6, 6.07) is 17.6. The van der Waals surface area contributed by atoms with E-state index in [1.165, 1.54) is 33.6 Å². The quantitative estimate of drug-likeness (QED) is 0.666. The molecule has 1 heteroatoms. The summed E-state index contributed by atoms with van der Waals surface area (Å²) in [6.07, 6.45) is 6.27. The van der Waals surface area contributed by atoms with Crippen molar-refractivity contribution in [1.82, 2.24) is 0 Å². The number of hydrogen-bond acceptors (Lipinski definition) is 1. The Hall–Kier alpha value is -2.54. The van der Waals surface area contributed by atoms with E-state index >= 15 is 0 Å². The van der Waals surface area contributed by atoms with Crippen molar-refractivity contribution >= 4 is 11.3 Å². The zero-order valence-corrected chi connectivity index (χ0v) is 14.1. The van der Waals surface area contributed by atoms with E-state index in [1.807, 2.05) is 6.08 Å². The van der Waals surface area contributed by atoms with Gasteiger partial charge in [0.15, 0.2) is 0 Å². The van der Waals surface area contributed by atoms with Crippen LogP contribution in [0.1, 0.15) is 26.3 Å². The number of fused-ring (bicyclic) bond motifs is 3. The number of anilines is 1. The third-order valence-corrected chi connectivity index (χ3v) is 4.25. The normalized spacial score (nSPS) is 14.0. The lowest BCUT2D eigenvalue weighted by Gasteiger charge is -2.31. The first-order valence-electron chi connectivity index (χ1n) is 8.16. The molecule has 2 aromatic rings. The highest BCUT2D eigenvalue weighted by atomic mass is 15.2. The number of nitrogens with zero attached hydrogens (tertiary/aromatic N) is 1. The van der Waals surface area contributed by atoms with Gasteiger partial charge < -0.3 is 4.90 Å². The van der Waals surface area contributed by atoms with Crippen LogP contribution in [-0.4, -0.2) is 6.04 Å². The maximum atomic E-state index is 4.10. The monoisotopic (exact) mass is 301 g/mol. The molecule has 116 valence electrons. The lowest BCUT2D eigenvalue weighted by atomic mass is 9.94. The molecule has 0 aliphatic carbocycles. The molecule has 1 heterocycles. The molecule has 0 saturated carbocycles. The maximum absolute atomic E-state index is 4.10. The zero-order chi connectivity index (χ0) is 16.4. The van der Waals surface area contributed by atoms with Gasteiger partial charge in [-0.15, -0.1) is 0 Å². The number of hydrogen-bond donors (Lipinski definition) is 0. The van der Waals surface area contributed by atoms with Gasteiger partial charge in [-0.05, 0) is 44.0 Å². The molecule has 1 nitrogen and oxygen atoms in total. The van der Waals surface area contributed by atoms with Gasteiger partial charge >= 0.3 is 0 Å². The zero-order valence-electron chi connectivity index (χ0n) is 14.1. The average molecular weight is 301 g/mol. The van der Waals surface area contributed by atoms with Crippen LogP contribution in [0, 0.1) is 0 Å². The van der Waals surface area contributed by atoms with Crippen molar-refractivity contribution in [3.63, 3.8) is 0 Å². The Morgan fingerprint density at radius 2 is 1.52 bits per heavy atom. The molecule has 0 bridgehead atoms. The van der Waals surface area contributed by atoms with Gasteiger partial charge in [0, 0.05) is 28.6 Å². The summed E-state index contributed by atoms with van der Waals surface area (Å²) in [5, 5.41) is 0. The van der Waals surface area contributed by atoms with E-state index in [4.69, 9.17) is 0 Å². The minimum Gasteiger partial charge on any atom is -0.338 e. The minimum absolute atomic E-state index is 0.353. The van der Waals surface area contributed by atoms with Crippen LogP contribution >= 0.6 is 0 Å². The third-order valence-electron chi connectivity index (χ3n) is 4.25. The molecule has 0 radical (unpaired) electrons. The van der Waals surface area contributed by atoms with Crippen molar-refractivity contribution in [1.29, 1.82) is 0 Å². The molecular formula is C22H23N. The number of rotatable bonds is 3. The molecule has 0 spiro atoms. The van der Waals surface area contributed by atoms with Gasteiger partial charge in [0.1, 0.15) is 0 Å². The fourth-order valence-corrected chi connectivity index (χ4v) is 3.36. The van der Waals surface area contributed by atoms with Gasteiger partial charge in [-0.3, -0.25) is 0 Å². The molecule has 0 fully saturated rings. The molecule has 0 amide bonds. The van der Waals surface area contributed by atoms with Crippen LogP contribution in [0.2, 0.25) is 0 Å². The molecule has 0 saturated heterocycles. The summed E-state index contributed by atoms with van der Waals surface area (Å²) in [4.78, 5) is 2.41. The van der Waals surface area contributed by atoms with E-state index in [0.29, 0.717) is 6.04 Å². The van der Waals surface area contributed by atoms with Gasteiger partial charge in [0.2, 0.25) is 0 Å². The second kappa shape index (κ2) is 6.29. The van der Waals surface area contributed by atoms with Crippen LogP contribution in [0.25, 0.3) is 16.7 Å². The second-order valence-corrected chi connectivity index (χ2v) is 6.03. The third kappa shape index (κ3) is 2.53. The topological polar surface area (TPSA) is 3.24 Å². The Kier molecular flexibility index (Phi) is 4.20. The van der Waals surface area contributed by atoms with Gasteiger partial charge in [-0.2, -0.15) is 0 Å². The maximum Gasteiger partial charge on any atom is 0.0493 e. The highest BCUT2D eigenvalue weighted by molar-refractivity contribution is 5.96. The summed E-state index contributed by atoms with van der Waals surface area (Å²) in [6.45, 7) is 10.6. The number of para-hydroxylation sites is 1. The highest BCUT2D eigenvalue weighted by Crippen LogP contribution is 2.43. The Morgan fingerprint density at radius 3 is 2.13 bits per heavy atom. The molecule has 1 aliphatic heterocycles. The molecule has 2 aromatic carbocycles. The smallest absolute Gasteiger partial charge is 0.0493 e. The van der Waals surface area contributed by atoms with Crippen molar-refractivity contribution < 1.29 is 0 Å². The fourth-order valence-electron chi connectivity index (χ4n) is 3.36. The highest BCUT2D eigenvalue weighted by Gasteiger charge is 2.25. The summed E-state index contributed by atoms with van der Waals surface area (Å²) in [5.74, 6) is 0. The molecule has 23 heavy (non-hydrogen) atoms. The van der Waals surface area contributed by atoms with E-state index in [0.717, 1.165) is 0 Å². The van der Waals surface area contributed by atoms with E-state index in [2.05, 4.69) is 92.9 Å². The second-order valence-electron chi connectivity index (χ2n) is 6.03. The Bertz CT molecular complexity index is 793. The molecule has 0 aromatic heterocycles. The van der Waals surface area contributed by atoms with Gasteiger partial charge in [0.05, 0.1) is 0 Å². The molecule has 0 N–H and O–H groups in total. The minimum atomic E-state index is 0.353. The van der Waals surface area contributed by atoms with Crippen molar-refractivity contribution in [2.45, 2.75) is 26.8 Å². The summed E-state index contributed by atoms with van der Waals surface area (Å²) in [7, 11) is 0. The van der Waals surface area contributed by atoms with Crippen molar-refractivity contribution in [3.8, 4) is 11.1 Å². The van der Waals surface area contributed by atoms with Crippen LogP contribution in [0.4, 0.5) is 5.69 Å². The van der Waals surface area contributed by atoms with Gasteiger partial charge in [-0.25, -0.2) is 0 Å². The van der Waals surface area contributed by atoms with Crippen LogP contribution in [-0.2, 0) is 0 Å². The van der Waals surface area contributed by atoms with E-state index < -0.39 is 0 Å². The van der Waals surface area contributed by atoms with Gasteiger partial charge in [-0.1, -0.05) is 61.2 Å². The largest absolute Gasteiger partial charge is 0.338 e. The lowest BCUT2D eigenvalue weighted by molar-refractivity contribution is 0.767. The van der Waals surface area contributed by atoms with Crippen LogP contribution in [0.5, 0.6) is 0 Å². The number of benzene rings is 2. The molecular weight excluding hydrogens is 278 g/mol. The SMILES string of the molecule is C=CC1=C(/C=C\C)N(C(C)C)c2ccccc2-c2ccccc21. The predicted octanol–water partition coefficient (Wildman–Crippen LogP) is 6.06. The van der Waals surface area contributed by atoms with Crippen molar-refractivity contribution in [2.24, 2.45) is 0 Å². The Balaban J connectivity index is 2.46. The first-order valence-corrected chi connectivity index (χ1v) is 8.16. The van der Waals surface area contributed by atoms with Gasteiger partial charge in [0.25, 0.3) is 0 Å². The van der Waals surface area contributed by atoms with Crippen LogP contribution < -0.4 is 4.90 Å². The number of allylic oxidation sites excluding steroid dienone is 4. The first kappa shape index (κ1) is 15.4. The fraction of sp³-hybridized carbons (Fsp3) is 0.182. The average Bonchev–Trinajstić information content (AvgIpc) is 2.67. The van der Waals surface area contributed by atoms with Crippen LogP contribution in [0.15, 0.2) is 79.0 Å². The van der Waals surface area contributed by atoms with E-state index in [-0.39, 0.29) is 0 Å². The summed E-state index contributed by atoms with van der Waals surface area (Å²) < 4.78 is 0. The van der Waals surface area contributed by atoms with Crippen LogP contribution in [0.3, 0.4) is 0 Å². The Morgan fingerprint density at radius 1 is 0.913 bits per heavy atom. The lowest BCUT2D eigenvalue weighted by Crippen LogP contribution is -2.29. The van der Waals surface area contributed by atoms with E-state index in [1.54, 1.807) is 0 Å². The summed E-state index contributed by atoms with van der Waals surface area (Å²) >= 11 is 0. The summed E-state index contributed by atoms with van der Waals surface area (Å²) in [5.41, 5.74) is 7.42. The molecule has 3 rings (SSSR count). The van der Waals surface area contributed by atoms with Crippen molar-refractivity contribution in [3.05, 3.63) is 84.6 Å². The molecule has 0 unspecified atom stereocenters. The molecule has 1 aliphatic rings. The predicted molar refractivity (Wildman–Crippen MR) is 101 cm³/mol. The Labute approximate surface area is 139 Å². The molecule has 0 atom stereocenters. The standard InChI is InChI=1S/C22H23N/c1-5-11-21-17(6-2)18-12-7-8-13-19(18)20-14-9-10-15-22(20)23(21)16(3)4/h5-16H,2H2,1,3-4H3/b11-5-. The van der Waals surface area contributed by atoms with E-state index in [9.17, 15) is 0 Å². The first-order chi connectivity index (χ1) is 11.2.